The molecule has 1 aliphatic heterocycles. The third-order valence-electron chi connectivity index (χ3n) is 2.49. The number of hydrogen-bond donors (Lipinski definition) is 0. The van der Waals surface area contributed by atoms with E-state index in [0.717, 1.165) is 19.5 Å². The van der Waals surface area contributed by atoms with Crippen LogP contribution in [0.2, 0.25) is 0 Å². The van der Waals surface area contributed by atoms with E-state index >= 15 is 0 Å². The van der Waals surface area contributed by atoms with E-state index < -0.39 is 0 Å². The largest absolute Gasteiger partial charge is 0.443 e. The Labute approximate surface area is 85.7 Å². The second kappa shape index (κ2) is 5.15. The van der Waals surface area contributed by atoms with E-state index in [1.54, 1.807) is 6.92 Å². The van der Waals surface area contributed by atoms with Crippen molar-refractivity contribution in [1.82, 2.24) is 4.90 Å². The first-order valence-electron chi connectivity index (χ1n) is 5.25. The molecule has 3 nitrogen and oxygen atoms in total. The van der Waals surface area contributed by atoms with E-state index in [-0.39, 0.29) is 12.2 Å². The van der Waals surface area contributed by atoms with Crippen LogP contribution in [0.3, 0.4) is 0 Å². The van der Waals surface area contributed by atoms with Gasteiger partial charge in [0.25, 0.3) is 0 Å². The molecule has 0 aromatic rings. The van der Waals surface area contributed by atoms with Crippen LogP contribution >= 0.6 is 0 Å². The maximum Gasteiger partial charge on any atom is 0.334 e. The second-order valence-corrected chi connectivity index (χ2v) is 3.79. The van der Waals surface area contributed by atoms with Gasteiger partial charge in [-0.3, -0.25) is 4.90 Å². The molecule has 0 aromatic carbocycles. The lowest BCUT2D eigenvalue weighted by atomic mass is 10.3. The van der Waals surface area contributed by atoms with Gasteiger partial charge in [0.05, 0.1) is 0 Å². The summed E-state index contributed by atoms with van der Waals surface area (Å²) in [5.74, 6) is -0.274. The smallest absolute Gasteiger partial charge is 0.334 e. The zero-order chi connectivity index (χ0) is 10.6. The topological polar surface area (TPSA) is 29.5 Å². The summed E-state index contributed by atoms with van der Waals surface area (Å²) >= 11 is 0. The predicted molar refractivity (Wildman–Crippen MR) is 55.8 cm³/mol. The van der Waals surface area contributed by atoms with E-state index in [9.17, 15) is 4.79 Å². The van der Waals surface area contributed by atoms with Crippen LogP contribution in [0.15, 0.2) is 12.2 Å². The molecule has 0 saturated carbocycles. The summed E-state index contributed by atoms with van der Waals surface area (Å²) < 4.78 is 5.33. The molecular formula is C11H19NO2. The minimum Gasteiger partial charge on any atom is -0.443 e. The third kappa shape index (κ3) is 2.84. The van der Waals surface area contributed by atoms with Crippen LogP contribution in [0.4, 0.5) is 0 Å². The van der Waals surface area contributed by atoms with Gasteiger partial charge in [0, 0.05) is 18.7 Å². The fourth-order valence-electron chi connectivity index (χ4n) is 1.67. The second-order valence-electron chi connectivity index (χ2n) is 3.79. The number of nitrogens with zero attached hydrogens (tertiary/aromatic N) is 1. The SMILES string of the molecule is C=C(C)C(=O)OC(CC)N1CCCC1. The molecule has 80 valence electrons. The summed E-state index contributed by atoms with van der Waals surface area (Å²) in [7, 11) is 0. The Morgan fingerprint density at radius 2 is 2.07 bits per heavy atom. The zero-order valence-electron chi connectivity index (χ0n) is 9.08. The third-order valence-corrected chi connectivity index (χ3v) is 2.49. The summed E-state index contributed by atoms with van der Waals surface area (Å²) in [6, 6.07) is 0. The summed E-state index contributed by atoms with van der Waals surface area (Å²) in [6.45, 7) is 9.38. The molecule has 3 heteroatoms. The van der Waals surface area contributed by atoms with Crippen molar-refractivity contribution < 1.29 is 9.53 Å². The molecule has 0 radical (unpaired) electrons. The van der Waals surface area contributed by atoms with E-state index in [1.165, 1.54) is 12.8 Å². The summed E-state index contributed by atoms with van der Waals surface area (Å²) in [6.07, 6.45) is 3.21. The van der Waals surface area contributed by atoms with Gasteiger partial charge in [0.15, 0.2) is 6.23 Å². The van der Waals surface area contributed by atoms with Crippen molar-refractivity contribution in [3.8, 4) is 0 Å². The van der Waals surface area contributed by atoms with Crippen molar-refractivity contribution in [2.75, 3.05) is 13.1 Å². The van der Waals surface area contributed by atoms with E-state index in [1.807, 2.05) is 6.92 Å². The maximum absolute atomic E-state index is 11.3. The lowest BCUT2D eigenvalue weighted by molar-refractivity contribution is -0.153. The minimum atomic E-state index is -0.274. The molecule has 0 aliphatic carbocycles. The molecule has 0 spiro atoms. The molecule has 0 amide bonds. The summed E-state index contributed by atoms with van der Waals surface area (Å²) in [4.78, 5) is 13.5. The first-order chi connectivity index (χ1) is 6.65. The lowest BCUT2D eigenvalue weighted by Crippen LogP contribution is -2.36. The van der Waals surface area contributed by atoms with Crippen LogP contribution < -0.4 is 0 Å². The van der Waals surface area contributed by atoms with E-state index in [0.29, 0.717) is 5.57 Å². The molecule has 1 unspecified atom stereocenters. The minimum absolute atomic E-state index is 0.0540. The molecule has 1 heterocycles. The van der Waals surface area contributed by atoms with E-state index in [2.05, 4.69) is 11.5 Å². The van der Waals surface area contributed by atoms with Crippen LogP contribution in [0, 0.1) is 0 Å². The Hall–Kier alpha value is -0.830. The number of carbonyl (C=O) groups excluding carboxylic acids is 1. The predicted octanol–water partition coefficient (Wildman–Crippen LogP) is 1.94. The van der Waals surface area contributed by atoms with Gasteiger partial charge in [0.1, 0.15) is 0 Å². The first kappa shape index (κ1) is 11.2. The molecule has 14 heavy (non-hydrogen) atoms. The number of hydrogen-bond acceptors (Lipinski definition) is 3. The van der Waals surface area contributed by atoms with Gasteiger partial charge in [-0.25, -0.2) is 4.79 Å². The first-order valence-corrected chi connectivity index (χ1v) is 5.25. The van der Waals surface area contributed by atoms with Crippen LogP contribution in [-0.4, -0.2) is 30.2 Å². The number of carbonyl (C=O) groups is 1. The van der Waals surface area contributed by atoms with E-state index in [4.69, 9.17) is 4.74 Å². The Kier molecular flexibility index (Phi) is 4.14. The van der Waals surface area contributed by atoms with Crippen molar-refractivity contribution in [1.29, 1.82) is 0 Å². The molecule has 0 bridgehead atoms. The fraction of sp³-hybridized carbons (Fsp3) is 0.727. The number of esters is 1. The van der Waals surface area contributed by atoms with Crippen LogP contribution in [-0.2, 0) is 9.53 Å². The van der Waals surface area contributed by atoms with Gasteiger partial charge >= 0.3 is 5.97 Å². The monoisotopic (exact) mass is 197 g/mol. The Balaban J connectivity index is 2.45. The highest BCUT2D eigenvalue weighted by atomic mass is 16.6. The normalized spacial score (nSPS) is 19.3. The highest BCUT2D eigenvalue weighted by Crippen LogP contribution is 2.15. The van der Waals surface area contributed by atoms with Crippen LogP contribution in [0.5, 0.6) is 0 Å². The molecule has 0 N–H and O–H groups in total. The average Bonchev–Trinajstić information content (AvgIpc) is 2.66. The lowest BCUT2D eigenvalue weighted by Gasteiger charge is -2.25. The quantitative estimate of drug-likeness (QED) is 0.509. The van der Waals surface area contributed by atoms with Crippen molar-refractivity contribution >= 4 is 5.97 Å². The van der Waals surface area contributed by atoms with Crippen molar-refractivity contribution in [2.45, 2.75) is 39.3 Å². The Morgan fingerprint density at radius 3 is 2.50 bits per heavy atom. The van der Waals surface area contributed by atoms with Gasteiger partial charge in [-0.1, -0.05) is 13.5 Å². The molecule has 1 fully saturated rings. The highest BCUT2D eigenvalue weighted by Gasteiger charge is 2.23. The van der Waals surface area contributed by atoms with Gasteiger partial charge in [-0.05, 0) is 26.2 Å². The van der Waals surface area contributed by atoms with Crippen molar-refractivity contribution in [2.24, 2.45) is 0 Å². The molecule has 1 saturated heterocycles. The van der Waals surface area contributed by atoms with Crippen LogP contribution in [0.25, 0.3) is 0 Å². The van der Waals surface area contributed by atoms with Gasteiger partial charge in [-0.15, -0.1) is 0 Å². The standard InChI is InChI=1S/C11H19NO2/c1-4-10(12-7-5-6-8-12)14-11(13)9(2)3/h10H,2,4-8H2,1,3H3. The fourth-order valence-corrected chi connectivity index (χ4v) is 1.67. The maximum atomic E-state index is 11.3. The van der Waals surface area contributed by atoms with Gasteiger partial charge in [-0.2, -0.15) is 0 Å². The average molecular weight is 197 g/mol. The summed E-state index contributed by atoms with van der Waals surface area (Å²) in [5, 5.41) is 0. The zero-order valence-corrected chi connectivity index (χ0v) is 9.08. The number of ether oxygens (including phenoxy) is 1. The van der Waals surface area contributed by atoms with Crippen LogP contribution in [0.1, 0.15) is 33.1 Å². The molecule has 0 aromatic heterocycles. The Morgan fingerprint density at radius 1 is 1.50 bits per heavy atom. The van der Waals surface area contributed by atoms with Crippen molar-refractivity contribution in [3.63, 3.8) is 0 Å². The van der Waals surface area contributed by atoms with Gasteiger partial charge in [0.2, 0.25) is 0 Å². The molecule has 1 atom stereocenters. The highest BCUT2D eigenvalue weighted by molar-refractivity contribution is 5.87. The molecule has 1 rings (SSSR count). The number of likely N-dealkylation sites (tertiary alicyclic amines) is 1. The molecule has 1 aliphatic rings. The number of rotatable bonds is 4. The van der Waals surface area contributed by atoms with Gasteiger partial charge < -0.3 is 4.74 Å². The summed E-state index contributed by atoms with van der Waals surface area (Å²) in [5.41, 5.74) is 0.475. The Bertz CT molecular complexity index is 219. The van der Waals surface area contributed by atoms with Crippen molar-refractivity contribution in [3.05, 3.63) is 12.2 Å². The molecular weight excluding hydrogens is 178 g/mol.